The van der Waals surface area contributed by atoms with Gasteiger partial charge in [0.05, 0.1) is 13.0 Å². The van der Waals surface area contributed by atoms with E-state index >= 15 is 0 Å². The summed E-state index contributed by atoms with van der Waals surface area (Å²) in [6.45, 7) is 2.63. The lowest BCUT2D eigenvalue weighted by atomic mass is 10.1. The minimum atomic E-state index is -0.339. The topological polar surface area (TPSA) is 64.3 Å². The Morgan fingerprint density at radius 3 is 2.68 bits per heavy atom. The molecule has 3 N–H and O–H groups in total. The second-order valence-corrected chi connectivity index (χ2v) is 5.25. The summed E-state index contributed by atoms with van der Waals surface area (Å²) in [6.07, 6.45) is 4.12. The Labute approximate surface area is 114 Å². The molecule has 104 valence electrons. The van der Waals surface area contributed by atoms with Crippen molar-refractivity contribution < 1.29 is 9.53 Å². The van der Waals surface area contributed by atoms with Crippen LogP contribution in [0.5, 0.6) is 5.75 Å². The van der Waals surface area contributed by atoms with Gasteiger partial charge in [0.25, 0.3) is 0 Å². The molecule has 19 heavy (non-hydrogen) atoms. The molecule has 0 spiro atoms. The molecule has 1 aliphatic rings. The number of benzene rings is 1. The zero-order chi connectivity index (χ0) is 13.7. The highest BCUT2D eigenvalue weighted by atomic mass is 16.5. The predicted molar refractivity (Wildman–Crippen MR) is 76.2 cm³/mol. The summed E-state index contributed by atoms with van der Waals surface area (Å²) in [7, 11) is 0. The number of primary amides is 1. The number of ether oxygens (including phenoxy) is 1. The van der Waals surface area contributed by atoms with E-state index in [2.05, 4.69) is 12.2 Å². The molecule has 1 saturated carbocycles. The standard InChI is InChI=1S/C15H22N2O2/c1-11-3-2-4-14(11)17-12-5-7-13(8-6-12)19-10-9-15(16)18/h5-8,11,14,17H,2-4,9-10H2,1H3,(H2,16,18). The van der Waals surface area contributed by atoms with Crippen molar-refractivity contribution in [2.75, 3.05) is 11.9 Å². The number of nitrogens with one attached hydrogen (secondary N) is 1. The lowest BCUT2D eigenvalue weighted by molar-refractivity contribution is -0.118. The average molecular weight is 262 g/mol. The van der Waals surface area contributed by atoms with E-state index in [4.69, 9.17) is 10.5 Å². The van der Waals surface area contributed by atoms with Gasteiger partial charge in [-0.15, -0.1) is 0 Å². The van der Waals surface area contributed by atoms with Crippen molar-refractivity contribution in [2.24, 2.45) is 11.7 Å². The van der Waals surface area contributed by atoms with Gasteiger partial charge in [-0.2, -0.15) is 0 Å². The molecule has 2 atom stereocenters. The predicted octanol–water partition coefficient (Wildman–Crippen LogP) is 2.54. The third kappa shape index (κ3) is 4.16. The molecule has 2 rings (SSSR count). The average Bonchev–Trinajstić information content (AvgIpc) is 2.77. The molecule has 4 heteroatoms. The molecule has 4 nitrogen and oxygen atoms in total. The molecule has 0 saturated heterocycles. The van der Waals surface area contributed by atoms with Crippen LogP contribution in [0.2, 0.25) is 0 Å². The number of hydrogen-bond donors (Lipinski definition) is 2. The van der Waals surface area contributed by atoms with Crippen LogP contribution >= 0.6 is 0 Å². The first-order chi connectivity index (χ1) is 9.15. The van der Waals surface area contributed by atoms with Crippen LogP contribution in [-0.4, -0.2) is 18.6 Å². The van der Waals surface area contributed by atoms with Crippen LogP contribution in [0.1, 0.15) is 32.6 Å². The molecule has 1 aliphatic carbocycles. The molecule has 0 heterocycles. The summed E-state index contributed by atoms with van der Waals surface area (Å²) in [5.41, 5.74) is 6.18. The second-order valence-electron chi connectivity index (χ2n) is 5.25. The minimum absolute atomic E-state index is 0.250. The number of anilines is 1. The molecule has 0 radical (unpaired) electrons. The van der Waals surface area contributed by atoms with Crippen molar-refractivity contribution >= 4 is 11.6 Å². The van der Waals surface area contributed by atoms with E-state index in [1.165, 1.54) is 19.3 Å². The van der Waals surface area contributed by atoms with Crippen LogP contribution in [0.4, 0.5) is 5.69 Å². The SMILES string of the molecule is CC1CCCC1Nc1ccc(OCCC(N)=O)cc1. The summed E-state index contributed by atoms with van der Waals surface area (Å²) in [5.74, 6) is 1.17. The van der Waals surface area contributed by atoms with Crippen LogP contribution < -0.4 is 15.8 Å². The smallest absolute Gasteiger partial charge is 0.220 e. The lowest BCUT2D eigenvalue weighted by Crippen LogP contribution is -2.21. The molecule has 0 aromatic heterocycles. The number of nitrogens with two attached hydrogens (primary N) is 1. The highest BCUT2D eigenvalue weighted by Gasteiger charge is 2.22. The van der Waals surface area contributed by atoms with Crippen LogP contribution in [0.3, 0.4) is 0 Å². The highest BCUT2D eigenvalue weighted by Crippen LogP contribution is 2.28. The number of carbonyl (C=O) groups is 1. The molecule has 1 aromatic carbocycles. The van der Waals surface area contributed by atoms with Crippen LogP contribution in [0.15, 0.2) is 24.3 Å². The summed E-state index contributed by atoms with van der Waals surface area (Å²) >= 11 is 0. The van der Waals surface area contributed by atoms with Gasteiger partial charge in [-0.3, -0.25) is 4.79 Å². The van der Waals surface area contributed by atoms with Crippen LogP contribution in [0.25, 0.3) is 0 Å². The van der Waals surface area contributed by atoms with E-state index in [0.29, 0.717) is 12.6 Å². The van der Waals surface area contributed by atoms with E-state index in [0.717, 1.165) is 17.4 Å². The number of rotatable bonds is 6. The number of amides is 1. The fraction of sp³-hybridized carbons (Fsp3) is 0.533. The molecular weight excluding hydrogens is 240 g/mol. The third-order valence-corrected chi connectivity index (χ3v) is 3.69. The lowest BCUT2D eigenvalue weighted by Gasteiger charge is -2.18. The summed E-state index contributed by atoms with van der Waals surface area (Å²) < 4.78 is 5.43. The maximum absolute atomic E-state index is 10.6. The van der Waals surface area contributed by atoms with E-state index in [1.54, 1.807) is 0 Å². The first kappa shape index (κ1) is 13.7. The molecule has 1 fully saturated rings. The van der Waals surface area contributed by atoms with Gasteiger partial charge in [-0.1, -0.05) is 13.3 Å². The molecule has 1 aromatic rings. The van der Waals surface area contributed by atoms with Crippen molar-refractivity contribution in [1.82, 2.24) is 0 Å². The summed E-state index contributed by atoms with van der Waals surface area (Å²) in [5, 5.41) is 3.56. The van der Waals surface area contributed by atoms with Crippen LogP contribution in [-0.2, 0) is 4.79 Å². The van der Waals surface area contributed by atoms with Crippen molar-refractivity contribution in [2.45, 2.75) is 38.6 Å². The van der Waals surface area contributed by atoms with Gasteiger partial charge < -0.3 is 15.8 Å². The number of hydrogen-bond acceptors (Lipinski definition) is 3. The minimum Gasteiger partial charge on any atom is -0.493 e. The fourth-order valence-corrected chi connectivity index (χ4v) is 2.49. The van der Waals surface area contributed by atoms with Gasteiger partial charge in [-0.25, -0.2) is 0 Å². The molecule has 1 amide bonds. The van der Waals surface area contributed by atoms with Crippen molar-refractivity contribution in [3.63, 3.8) is 0 Å². The van der Waals surface area contributed by atoms with E-state index in [1.807, 2.05) is 24.3 Å². The van der Waals surface area contributed by atoms with Crippen LogP contribution in [0, 0.1) is 5.92 Å². The Kier molecular flexibility index (Phi) is 4.66. The number of carbonyl (C=O) groups excluding carboxylic acids is 1. The zero-order valence-electron chi connectivity index (χ0n) is 11.4. The van der Waals surface area contributed by atoms with Gasteiger partial charge in [-0.05, 0) is 43.0 Å². The quantitative estimate of drug-likeness (QED) is 0.828. The third-order valence-electron chi connectivity index (χ3n) is 3.69. The van der Waals surface area contributed by atoms with E-state index in [9.17, 15) is 4.79 Å². The fourth-order valence-electron chi connectivity index (χ4n) is 2.49. The highest BCUT2D eigenvalue weighted by molar-refractivity contribution is 5.73. The first-order valence-electron chi connectivity index (χ1n) is 6.93. The maximum atomic E-state index is 10.6. The first-order valence-corrected chi connectivity index (χ1v) is 6.93. The Hall–Kier alpha value is -1.71. The summed E-state index contributed by atoms with van der Waals surface area (Å²) in [6, 6.07) is 8.46. The van der Waals surface area contributed by atoms with E-state index < -0.39 is 0 Å². The van der Waals surface area contributed by atoms with Crippen molar-refractivity contribution in [3.05, 3.63) is 24.3 Å². The molecule has 0 aliphatic heterocycles. The van der Waals surface area contributed by atoms with Gasteiger partial charge >= 0.3 is 0 Å². The van der Waals surface area contributed by atoms with Gasteiger partial charge in [0.2, 0.25) is 5.91 Å². The monoisotopic (exact) mass is 262 g/mol. The zero-order valence-corrected chi connectivity index (χ0v) is 11.4. The second kappa shape index (κ2) is 6.45. The van der Waals surface area contributed by atoms with E-state index in [-0.39, 0.29) is 12.3 Å². The Morgan fingerprint density at radius 1 is 1.37 bits per heavy atom. The molecule has 2 unspecified atom stereocenters. The normalized spacial score (nSPS) is 22.2. The van der Waals surface area contributed by atoms with Gasteiger partial charge in [0.15, 0.2) is 0 Å². The Morgan fingerprint density at radius 2 is 2.11 bits per heavy atom. The van der Waals surface area contributed by atoms with Gasteiger partial charge in [0.1, 0.15) is 5.75 Å². The molecular formula is C15H22N2O2. The Bertz CT molecular complexity index is 417. The van der Waals surface area contributed by atoms with Gasteiger partial charge in [0, 0.05) is 11.7 Å². The Balaban J connectivity index is 1.82. The van der Waals surface area contributed by atoms with Crippen molar-refractivity contribution in [3.8, 4) is 5.75 Å². The maximum Gasteiger partial charge on any atom is 0.220 e. The summed E-state index contributed by atoms with van der Waals surface area (Å²) in [4.78, 5) is 10.6. The molecule has 0 bridgehead atoms. The largest absolute Gasteiger partial charge is 0.493 e. The van der Waals surface area contributed by atoms with Crippen molar-refractivity contribution in [1.29, 1.82) is 0 Å².